The minimum atomic E-state index is -1.26. The van der Waals surface area contributed by atoms with Crippen LogP contribution in [-0.2, 0) is 11.3 Å². The van der Waals surface area contributed by atoms with Crippen molar-refractivity contribution < 1.29 is 9.72 Å². The summed E-state index contributed by atoms with van der Waals surface area (Å²) in [7, 11) is 0. The van der Waals surface area contributed by atoms with Gasteiger partial charge >= 0.3 is 0 Å². The zero-order valence-electron chi connectivity index (χ0n) is 12.6. The monoisotopic (exact) mass is 305 g/mol. The van der Waals surface area contributed by atoms with Crippen molar-refractivity contribution in [1.29, 1.82) is 0 Å². The van der Waals surface area contributed by atoms with Gasteiger partial charge in [-0.15, -0.1) is 4.91 Å². The van der Waals surface area contributed by atoms with Crippen LogP contribution in [0.5, 0.6) is 0 Å². The summed E-state index contributed by atoms with van der Waals surface area (Å²) in [6.07, 6.45) is 1.65. The largest absolute Gasteiger partial charge is 0.350 e. The van der Waals surface area contributed by atoms with Gasteiger partial charge in [0, 0.05) is 24.0 Å². The summed E-state index contributed by atoms with van der Waals surface area (Å²) in [5.74, 6) is -0.569. The topological polar surface area (TPSA) is 102 Å². The van der Waals surface area contributed by atoms with E-state index in [4.69, 9.17) is 0 Å². The fourth-order valence-electron chi connectivity index (χ4n) is 1.93. The zero-order chi connectivity index (χ0) is 16.5. The van der Waals surface area contributed by atoms with Crippen LogP contribution < -0.4 is 5.32 Å². The molecule has 7 heteroatoms. The number of carbonyl (C=O) groups is 1. The second-order valence-electron chi connectivity index (χ2n) is 4.81. The van der Waals surface area contributed by atoms with Crippen LogP contribution >= 0.6 is 0 Å². The van der Waals surface area contributed by atoms with E-state index in [0.717, 1.165) is 5.56 Å². The average molecular weight is 305 g/mol. The van der Waals surface area contributed by atoms with Gasteiger partial charge in [-0.2, -0.15) is 0 Å². The van der Waals surface area contributed by atoms with Crippen LogP contribution in [0.4, 0.5) is 0 Å². The van der Waals surface area contributed by atoms with Gasteiger partial charge in [0.2, 0.25) is 6.04 Å². The van der Waals surface area contributed by atoms with Crippen molar-refractivity contribution in [3.63, 3.8) is 0 Å². The smallest absolute Gasteiger partial charge is 0.252 e. The van der Waals surface area contributed by atoms with Gasteiger partial charge in [-0.3, -0.25) is 14.9 Å². The van der Waals surface area contributed by atoms with Crippen LogP contribution in [0.1, 0.15) is 25.8 Å². The molecule has 7 nitrogen and oxygen atoms in total. The van der Waals surface area contributed by atoms with Crippen LogP contribution in [-0.4, -0.2) is 22.9 Å². The molecule has 1 amide bonds. The second-order valence-corrected chi connectivity index (χ2v) is 4.81. The fraction of sp³-hybridized carbons (Fsp3) is 0.400. The molecule has 22 heavy (non-hydrogen) atoms. The van der Waals surface area contributed by atoms with E-state index in [9.17, 15) is 19.8 Å². The lowest BCUT2D eigenvalue weighted by Gasteiger charge is -2.11. The maximum Gasteiger partial charge on any atom is 0.252 e. The summed E-state index contributed by atoms with van der Waals surface area (Å²) >= 11 is 0. The fourth-order valence-corrected chi connectivity index (χ4v) is 1.93. The minimum Gasteiger partial charge on any atom is -0.350 e. The summed E-state index contributed by atoms with van der Waals surface area (Å²) in [5.41, 5.74) is 1.29. The lowest BCUT2D eigenvalue weighted by molar-refractivity contribution is -0.508. The Morgan fingerprint density at radius 3 is 2.55 bits per heavy atom. The van der Waals surface area contributed by atoms with E-state index in [1.165, 1.54) is 13.0 Å². The van der Waals surface area contributed by atoms with Gasteiger partial charge in [0.05, 0.1) is 0 Å². The van der Waals surface area contributed by atoms with Crippen molar-refractivity contribution >= 4 is 5.91 Å². The molecule has 1 rings (SSSR count). The number of nitro groups is 1. The molecule has 0 aliphatic heterocycles. The second kappa shape index (κ2) is 8.66. The molecule has 2 unspecified atom stereocenters. The number of hydrogen-bond donors (Lipinski definition) is 1. The Kier molecular flexibility index (Phi) is 6.88. The van der Waals surface area contributed by atoms with Gasteiger partial charge in [0.25, 0.3) is 5.91 Å². The van der Waals surface area contributed by atoms with Crippen molar-refractivity contribution in [3.8, 4) is 0 Å². The number of nitrogens with zero attached hydrogens (tertiary/aromatic N) is 2. The van der Waals surface area contributed by atoms with Gasteiger partial charge in [-0.05, 0) is 18.1 Å². The Morgan fingerprint density at radius 1 is 1.41 bits per heavy atom. The van der Waals surface area contributed by atoms with E-state index in [1.54, 1.807) is 6.92 Å². The molecule has 1 aromatic carbocycles. The predicted octanol–water partition coefficient (Wildman–Crippen LogP) is 2.44. The summed E-state index contributed by atoms with van der Waals surface area (Å²) in [4.78, 5) is 33.2. The Bertz CT molecular complexity index is 557. The van der Waals surface area contributed by atoms with Crippen molar-refractivity contribution in [2.24, 2.45) is 5.18 Å². The number of nitroso groups, excluding NO2 is 1. The molecule has 0 heterocycles. The first kappa shape index (κ1) is 17.5. The lowest BCUT2D eigenvalue weighted by atomic mass is 10.0. The van der Waals surface area contributed by atoms with Crippen molar-refractivity contribution in [1.82, 2.24) is 5.32 Å². The van der Waals surface area contributed by atoms with E-state index in [2.05, 4.69) is 10.5 Å². The summed E-state index contributed by atoms with van der Waals surface area (Å²) in [6.45, 7) is 3.42. The first-order valence-corrected chi connectivity index (χ1v) is 6.97. The Morgan fingerprint density at radius 2 is 2.05 bits per heavy atom. The Hall–Kier alpha value is -2.57. The number of nitrogens with one attached hydrogen (secondary N) is 1. The molecule has 0 bridgehead atoms. The molecule has 1 N–H and O–H groups in total. The quantitative estimate of drug-likeness (QED) is 0.345. The highest BCUT2D eigenvalue weighted by atomic mass is 16.6. The number of benzene rings is 1. The maximum atomic E-state index is 12.0. The van der Waals surface area contributed by atoms with E-state index in [1.807, 2.05) is 30.3 Å². The van der Waals surface area contributed by atoms with Crippen molar-refractivity contribution in [2.75, 3.05) is 0 Å². The Balaban J connectivity index is 2.75. The zero-order valence-corrected chi connectivity index (χ0v) is 12.6. The molecule has 2 atom stereocenters. The molecule has 0 spiro atoms. The molecule has 0 saturated carbocycles. The molecule has 0 aliphatic rings. The number of carbonyl (C=O) groups excluding carboxylic acids is 1. The first-order chi connectivity index (χ1) is 10.5. The summed E-state index contributed by atoms with van der Waals surface area (Å²) in [5, 5.41) is 16.2. The highest BCUT2D eigenvalue weighted by molar-refractivity contribution is 5.84. The third kappa shape index (κ3) is 5.08. The van der Waals surface area contributed by atoms with E-state index in [0.29, 0.717) is 12.0 Å². The molecule has 0 fully saturated rings. The van der Waals surface area contributed by atoms with E-state index >= 15 is 0 Å². The van der Waals surface area contributed by atoms with Gasteiger partial charge in [-0.1, -0.05) is 42.4 Å². The normalized spacial score (nSPS) is 14.0. The van der Waals surface area contributed by atoms with Gasteiger partial charge < -0.3 is 5.32 Å². The molecule has 0 saturated heterocycles. The van der Waals surface area contributed by atoms with Crippen molar-refractivity contribution in [2.45, 2.75) is 38.9 Å². The number of hydrogen-bond acceptors (Lipinski definition) is 5. The van der Waals surface area contributed by atoms with Crippen LogP contribution in [0, 0.1) is 15.0 Å². The summed E-state index contributed by atoms with van der Waals surface area (Å²) < 4.78 is 0. The van der Waals surface area contributed by atoms with Crippen LogP contribution in [0.25, 0.3) is 0 Å². The number of amides is 1. The highest BCUT2D eigenvalue weighted by Crippen LogP contribution is 2.12. The lowest BCUT2D eigenvalue weighted by Crippen LogP contribution is -2.32. The van der Waals surface area contributed by atoms with E-state index in [-0.39, 0.29) is 6.54 Å². The molecular weight excluding hydrogens is 286 g/mol. The van der Waals surface area contributed by atoms with Gasteiger partial charge in [0.1, 0.15) is 0 Å². The van der Waals surface area contributed by atoms with Crippen LogP contribution in [0.2, 0.25) is 0 Å². The van der Waals surface area contributed by atoms with E-state index < -0.39 is 22.9 Å². The molecule has 0 radical (unpaired) electrons. The Labute approximate surface area is 128 Å². The van der Waals surface area contributed by atoms with Crippen LogP contribution in [0.3, 0.4) is 0 Å². The van der Waals surface area contributed by atoms with Gasteiger partial charge in [-0.25, -0.2) is 0 Å². The van der Waals surface area contributed by atoms with Crippen LogP contribution in [0.15, 0.2) is 47.2 Å². The molecule has 118 valence electrons. The van der Waals surface area contributed by atoms with Crippen molar-refractivity contribution in [3.05, 3.63) is 62.6 Å². The molecule has 0 aliphatic carbocycles. The molecule has 1 aromatic rings. The highest BCUT2D eigenvalue weighted by Gasteiger charge is 2.23. The number of rotatable bonds is 8. The van der Waals surface area contributed by atoms with Gasteiger partial charge in [0.15, 0.2) is 6.04 Å². The first-order valence-electron chi connectivity index (χ1n) is 6.97. The third-order valence-corrected chi connectivity index (χ3v) is 3.32. The maximum absolute atomic E-state index is 12.0. The summed E-state index contributed by atoms with van der Waals surface area (Å²) in [6, 6.07) is 7.00. The molecule has 0 aromatic heterocycles. The average Bonchev–Trinajstić information content (AvgIpc) is 2.54. The SMILES string of the molecule is CCC(=CC(N=O)C(=O)NCc1ccccc1)C(C)[N+](=O)[O-]. The standard InChI is InChI=1S/C15H19N3O4/c1-3-13(11(2)18(21)22)9-14(17-20)15(19)16-10-12-7-5-4-6-8-12/h4-9,11,14H,3,10H2,1-2H3,(H,16,19). The predicted molar refractivity (Wildman–Crippen MR) is 82.7 cm³/mol. The molecular formula is C15H19N3O4. The minimum absolute atomic E-state index is 0.270. The third-order valence-electron chi connectivity index (χ3n) is 3.32.